The van der Waals surface area contributed by atoms with Gasteiger partial charge < -0.3 is 5.11 Å². The van der Waals surface area contributed by atoms with Gasteiger partial charge in [-0.1, -0.05) is 51.1 Å². The molecule has 0 aliphatic carbocycles. The highest BCUT2D eigenvalue weighted by atomic mass is 16.4. The van der Waals surface area contributed by atoms with E-state index in [1.807, 2.05) is 35.3 Å². The molecule has 1 saturated heterocycles. The van der Waals surface area contributed by atoms with Crippen molar-refractivity contribution < 1.29 is 9.90 Å². The lowest BCUT2D eigenvalue weighted by molar-refractivity contribution is -0.00319. The van der Waals surface area contributed by atoms with E-state index < -0.39 is 6.09 Å². The van der Waals surface area contributed by atoms with Crippen molar-refractivity contribution in [3.8, 4) is 0 Å². The van der Waals surface area contributed by atoms with Crippen LogP contribution in [-0.2, 0) is 0 Å². The molecular formula is C17H24N4O2. The van der Waals surface area contributed by atoms with Gasteiger partial charge in [-0.15, -0.1) is 0 Å². The van der Waals surface area contributed by atoms with E-state index in [0.29, 0.717) is 6.54 Å². The predicted molar refractivity (Wildman–Crippen MR) is 88.9 cm³/mol. The summed E-state index contributed by atoms with van der Waals surface area (Å²) in [5.41, 5.74) is 4.29. The highest BCUT2D eigenvalue weighted by Gasteiger charge is 2.44. The first-order valence-electron chi connectivity index (χ1n) is 8.06. The molecule has 1 aromatic rings. The maximum absolute atomic E-state index is 11.5. The van der Waals surface area contributed by atoms with Gasteiger partial charge in [0.1, 0.15) is 18.2 Å². The second-order valence-corrected chi connectivity index (χ2v) is 7.20. The minimum absolute atomic E-state index is 0.101. The van der Waals surface area contributed by atoms with E-state index in [-0.39, 0.29) is 17.7 Å². The third-order valence-corrected chi connectivity index (χ3v) is 4.36. The van der Waals surface area contributed by atoms with Gasteiger partial charge >= 0.3 is 6.09 Å². The number of nitrogens with one attached hydrogen (secondary N) is 1. The number of hydrogen-bond donors (Lipinski definition) is 2. The Bertz CT molecular complexity index is 609. The maximum atomic E-state index is 11.5. The van der Waals surface area contributed by atoms with E-state index >= 15 is 0 Å². The predicted octanol–water partition coefficient (Wildman–Crippen LogP) is 2.73. The number of hydrogen-bond acceptors (Lipinski definition) is 4. The second-order valence-electron chi connectivity index (χ2n) is 7.20. The number of amides is 1. The lowest BCUT2D eigenvalue weighted by Gasteiger charge is -2.38. The summed E-state index contributed by atoms with van der Waals surface area (Å²) in [7, 11) is 0. The lowest BCUT2D eigenvalue weighted by Crippen LogP contribution is -2.57. The highest BCUT2D eigenvalue weighted by Crippen LogP contribution is 2.33. The van der Waals surface area contributed by atoms with E-state index in [4.69, 9.17) is 4.99 Å². The monoisotopic (exact) mass is 316 g/mol. The van der Waals surface area contributed by atoms with Crippen molar-refractivity contribution in [1.29, 1.82) is 0 Å². The molecule has 0 aromatic heterocycles. The van der Waals surface area contributed by atoms with Crippen LogP contribution in [0.3, 0.4) is 0 Å². The molecule has 2 atom stereocenters. The van der Waals surface area contributed by atoms with Crippen molar-refractivity contribution in [2.45, 2.75) is 45.9 Å². The minimum Gasteiger partial charge on any atom is -0.465 e. The minimum atomic E-state index is -0.866. The Hall–Kier alpha value is -2.08. The molecule has 0 bridgehead atoms. The standard InChI is InChI=1S/C17H24N4O2/c1-17(2,3)15-18-14(12-8-5-4-6-9-12)19-21(15)13-10-7-11-20(13)16(22)23/h4-6,8-9,13,15H,7,10-11H2,1-3H3,(H,18,19)(H,22,23). The van der Waals surface area contributed by atoms with E-state index in [9.17, 15) is 9.90 Å². The van der Waals surface area contributed by atoms with E-state index in [1.54, 1.807) is 0 Å². The number of carboxylic acid groups (broad SMARTS) is 1. The number of carbonyl (C=O) groups is 1. The van der Waals surface area contributed by atoms with Gasteiger partial charge in [-0.3, -0.25) is 10.3 Å². The number of benzene rings is 1. The van der Waals surface area contributed by atoms with Gasteiger partial charge in [0.15, 0.2) is 0 Å². The zero-order chi connectivity index (χ0) is 16.6. The van der Waals surface area contributed by atoms with Crippen molar-refractivity contribution in [2.75, 3.05) is 6.54 Å². The summed E-state index contributed by atoms with van der Waals surface area (Å²) in [6, 6.07) is 9.96. The molecule has 1 amide bonds. The summed E-state index contributed by atoms with van der Waals surface area (Å²) < 4.78 is 0. The van der Waals surface area contributed by atoms with Crippen molar-refractivity contribution >= 4 is 11.9 Å². The molecule has 0 saturated carbocycles. The first kappa shape index (κ1) is 15.8. The van der Waals surface area contributed by atoms with Gasteiger partial charge in [-0.2, -0.15) is 5.01 Å². The number of likely N-dealkylation sites (tertiary alicyclic amines) is 1. The van der Waals surface area contributed by atoms with Crippen LogP contribution in [0.4, 0.5) is 4.79 Å². The summed E-state index contributed by atoms with van der Waals surface area (Å²) in [6.45, 7) is 6.97. The first-order valence-corrected chi connectivity index (χ1v) is 8.06. The van der Waals surface area contributed by atoms with E-state index in [2.05, 4.69) is 26.2 Å². The normalized spacial score (nSPS) is 25.3. The molecule has 0 radical (unpaired) electrons. The van der Waals surface area contributed by atoms with Crippen LogP contribution in [-0.4, -0.2) is 45.8 Å². The van der Waals surface area contributed by atoms with Crippen LogP contribution in [0.5, 0.6) is 0 Å². The Balaban J connectivity index is 1.90. The summed E-state index contributed by atoms with van der Waals surface area (Å²) >= 11 is 0. The van der Waals surface area contributed by atoms with Gasteiger partial charge in [0, 0.05) is 12.1 Å². The molecule has 3 rings (SSSR count). The zero-order valence-corrected chi connectivity index (χ0v) is 13.9. The van der Waals surface area contributed by atoms with Crippen LogP contribution >= 0.6 is 0 Å². The molecule has 6 nitrogen and oxygen atoms in total. The molecule has 124 valence electrons. The molecule has 23 heavy (non-hydrogen) atoms. The Morgan fingerprint density at radius 3 is 2.61 bits per heavy atom. The average Bonchev–Trinajstić information content (AvgIpc) is 3.14. The fraction of sp³-hybridized carbons (Fsp3) is 0.529. The molecule has 6 heteroatoms. The number of aliphatic imine (C=N–C) groups is 1. The maximum Gasteiger partial charge on any atom is 0.408 e. The van der Waals surface area contributed by atoms with Crippen LogP contribution in [0.25, 0.3) is 0 Å². The van der Waals surface area contributed by atoms with Gasteiger partial charge in [-0.25, -0.2) is 9.79 Å². The van der Waals surface area contributed by atoms with Gasteiger partial charge in [-0.05, 0) is 18.3 Å². The number of hydrazine groups is 1. The Labute approximate surface area is 136 Å². The number of nitrogens with zero attached hydrogens (tertiary/aromatic N) is 3. The Morgan fingerprint density at radius 1 is 1.30 bits per heavy atom. The summed E-state index contributed by atoms with van der Waals surface area (Å²) in [4.78, 5) is 17.9. The Morgan fingerprint density at radius 2 is 2.00 bits per heavy atom. The fourth-order valence-corrected chi connectivity index (χ4v) is 3.24. The van der Waals surface area contributed by atoms with Crippen LogP contribution in [0.2, 0.25) is 0 Å². The molecule has 2 aliphatic rings. The molecule has 2 N–H and O–H groups in total. The highest BCUT2D eigenvalue weighted by molar-refractivity contribution is 5.99. The van der Waals surface area contributed by atoms with Crippen molar-refractivity contribution in [3.63, 3.8) is 0 Å². The molecule has 0 spiro atoms. The first-order chi connectivity index (χ1) is 10.9. The third kappa shape index (κ3) is 3.03. The van der Waals surface area contributed by atoms with Gasteiger partial charge in [0.25, 0.3) is 0 Å². The second kappa shape index (κ2) is 5.85. The van der Waals surface area contributed by atoms with E-state index in [1.165, 1.54) is 4.90 Å². The third-order valence-electron chi connectivity index (χ3n) is 4.36. The van der Waals surface area contributed by atoms with Gasteiger partial charge in [0.2, 0.25) is 0 Å². The van der Waals surface area contributed by atoms with Crippen molar-refractivity contribution in [3.05, 3.63) is 35.9 Å². The Kier molecular flexibility index (Phi) is 4.02. The summed E-state index contributed by atoms with van der Waals surface area (Å²) in [6.07, 6.45) is 0.551. The van der Waals surface area contributed by atoms with Crippen LogP contribution in [0, 0.1) is 5.41 Å². The molecule has 1 fully saturated rings. The van der Waals surface area contributed by atoms with Crippen molar-refractivity contribution in [1.82, 2.24) is 15.3 Å². The quantitative estimate of drug-likeness (QED) is 0.880. The van der Waals surface area contributed by atoms with Gasteiger partial charge in [0.05, 0.1) is 0 Å². The SMILES string of the molecule is CC(C)(C)C1N=C(c2ccccc2)NN1C1CCCN1C(=O)O. The molecule has 2 aliphatic heterocycles. The topological polar surface area (TPSA) is 68.2 Å². The molecule has 2 unspecified atom stereocenters. The van der Waals surface area contributed by atoms with Crippen molar-refractivity contribution in [2.24, 2.45) is 10.4 Å². The number of rotatable bonds is 2. The largest absolute Gasteiger partial charge is 0.465 e. The zero-order valence-electron chi connectivity index (χ0n) is 13.9. The lowest BCUT2D eigenvalue weighted by atomic mass is 9.92. The number of amidine groups is 1. The van der Waals surface area contributed by atoms with E-state index in [0.717, 1.165) is 24.2 Å². The van der Waals surface area contributed by atoms with Crippen LogP contribution < -0.4 is 5.43 Å². The summed E-state index contributed by atoms with van der Waals surface area (Å²) in [5.74, 6) is 0.808. The fourth-order valence-electron chi connectivity index (χ4n) is 3.24. The molecule has 1 aromatic carbocycles. The summed E-state index contributed by atoms with van der Waals surface area (Å²) in [5, 5.41) is 11.5. The molecular weight excluding hydrogens is 292 g/mol. The molecule has 2 heterocycles. The smallest absolute Gasteiger partial charge is 0.408 e. The average molecular weight is 316 g/mol. The van der Waals surface area contributed by atoms with Crippen LogP contribution in [0.1, 0.15) is 39.2 Å². The van der Waals surface area contributed by atoms with Crippen LogP contribution in [0.15, 0.2) is 35.3 Å².